The molecule has 4 N–H and O–H groups in total. The van der Waals surface area contributed by atoms with Gasteiger partial charge in [0.15, 0.2) is 28.8 Å². The van der Waals surface area contributed by atoms with Crippen LogP contribution < -0.4 is 25.2 Å². The first-order valence-electron chi connectivity index (χ1n) is 12.5. The SMILES string of the molecule is C[C@H]1COCCN1c1ccc(Nc2ncc(F)c(Nc3ccc4c(n3)N(COP(=O)(O)O)C(=O)C(C)(C)O4)n2)cn1.[NaH].[NaH]. The van der Waals surface area contributed by atoms with Gasteiger partial charge in [-0.3, -0.25) is 14.2 Å². The van der Waals surface area contributed by atoms with Gasteiger partial charge < -0.3 is 34.8 Å². The number of anilines is 6. The van der Waals surface area contributed by atoms with Gasteiger partial charge in [0.05, 0.1) is 37.3 Å². The Labute approximate surface area is 290 Å². The third-order valence-corrected chi connectivity index (χ3v) is 6.68. The number of halogens is 1. The van der Waals surface area contributed by atoms with Crippen LogP contribution in [0.2, 0.25) is 0 Å². The molecule has 19 heteroatoms. The predicted octanol–water partition coefficient (Wildman–Crippen LogP) is 1.39. The Morgan fingerprint density at radius 1 is 1.14 bits per heavy atom. The Hall–Kier alpha value is -1.95. The monoisotopic (exact) mass is 638 g/mol. The number of carbonyl (C=O) groups excluding carboxylic acids is 1. The van der Waals surface area contributed by atoms with Crippen molar-refractivity contribution >= 4 is 108 Å². The summed E-state index contributed by atoms with van der Waals surface area (Å²) in [5.41, 5.74) is -0.771. The van der Waals surface area contributed by atoms with Crippen LogP contribution in [0.25, 0.3) is 0 Å². The second-order valence-corrected chi connectivity index (χ2v) is 11.0. The second-order valence-electron chi connectivity index (χ2n) is 9.78. The normalized spacial score (nSPS) is 17.6. The molecule has 0 aliphatic carbocycles. The van der Waals surface area contributed by atoms with Gasteiger partial charge in [0.1, 0.15) is 18.4 Å². The van der Waals surface area contributed by atoms with Crippen LogP contribution >= 0.6 is 7.82 Å². The number of phosphoric ester groups is 1. The predicted molar refractivity (Wildman–Crippen MR) is 159 cm³/mol. The number of amides is 1. The third-order valence-electron chi connectivity index (χ3n) is 6.23. The molecule has 0 radical (unpaired) electrons. The van der Waals surface area contributed by atoms with Crippen molar-refractivity contribution in [3.63, 3.8) is 0 Å². The van der Waals surface area contributed by atoms with E-state index in [9.17, 15) is 13.8 Å². The molecule has 43 heavy (non-hydrogen) atoms. The summed E-state index contributed by atoms with van der Waals surface area (Å²) in [5, 5.41) is 5.72. The first kappa shape index (κ1) is 35.5. The summed E-state index contributed by atoms with van der Waals surface area (Å²) in [6, 6.07) is 6.81. The molecular formula is C24H30FN8Na2O7P. The van der Waals surface area contributed by atoms with E-state index in [1.807, 2.05) is 12.1 Å². The van der Waals surface area contributed by atoms with Gasteiger partial charge in [-0.05, 0) is 45.0 Å². The van der Waals surface area contributed by atoms with Gasteiger partial charge in [-0.25, -0.2) is 23.9 Å². The molecule has 1 fully saturated rings. The number of ether oxygens (including phenoxy) is 2. The topological polar surface area (TPSA) is 184 Å². The van der Waals surface area contributed by atoms with Crippen molar-refractivity contribution in [2.45, 2.75) is 32.4 Å². The second kappa shape index (κ2) is 14.4. The number of nitrogens with one attached hydrogen (secondary N) is 2. The molecule has 1 amide bonds. The quantitative estimate of drug-likeness (QED) is 0.205. The summed E-state index contributed by atoms with van der Waals surface area (Å²) in [7, 11) is -4.90. The number of morpholine rings is 1. The molecule has 15 nitrogen and oxygen atoms in total. The number of carbonyl (C=O) groups is 1. The number of rotatable bonds is 8. The van der Waals surface area contributed by atoms with Gasteiger partial charge in [0.25, 0.3) is 5.91 Å². The van der Waals surface area contributed by atoms with Crippen LogP contribution in [0.15, 0.2) is 36.7 Å². The molecule has 0 unspecified atom stereocenters. The molecule has 3 aromatic rings. The van der Waals surface area contributed by atoms with Crippen molar-refractivity contribution in [2.24, 2.45) is 0 Å². The number of pyridine rings is 2. The van der Waals surface area contributed by atoms with Crippen molar-refractivity contribution < 1.29 is 37.5 Å². The molecule has 2 aliphatic heterocycles. The van der Waals surface area contributed by atoms with Crippen LogP contribution in [-0.2, 0) is 18.6 Å². The fourth-order valence-corrected chi connectivity index (χ4v) is 4.50. The van der Waals surface area contributed by atoms with Crippen LogP contribution in [0.4, 0.5) is 39.3 Å². The standard InChI is InChI=1S/C24H28FN8O7P.2Na.2H/c1-14-12-38-9-8-32(14)19-7-4-15(10-26-19)28-23-27-11-16(25)20(31-23)29-18-6-5-17-21(30-18)33(13-39-41(35,36)37)22(34)24(2,3)40-17;;;;/h4-7,10-11,14H,8-9,12-13H2,1-3H3,(H2,35,36,37)(H2,27,28,29,30,31);;;;/t14-;;;;/m0..../s1. The van der Waals surface area contributed by atoms with E-state index >= 15 is 0 Å². The van der Waals surface area contributed by atoms with Gasteiger partial charge in [0, 0.05) is 6.54 Å². The molecule has 5 rings (SSSR count). The minimum atomic E-state index is -4.90. The third kappa shape index (κ3) is 8.61. The molecule has 0 bridgehead atoms. The van der Waals surface area contributed by atoms with Crippen molar-refractivity contribution in [2.75, 3.05) is 46.9 Å². The summed E-state index contributed by atoms with van der Waals surface area (Å²) < 4.78 is 41.6. The van der Waals surface area contributed by atoms with Crippen LogP contribution in [0.3, 0.4) is 0 Å². The van der Waals surface area contributed by atoms with Crippen molar-refractivity contribution in [1.29, 1.82) is 0 Å². The van der Waals surface area contributed by atoms with Gasteiger partial charge in [-0.15, -0.1) is 0 Å². The van der Waals surface area contributed by atoms with Crippen LogP contribution in [0.5, 0.6) is 5.75 Å². The van der Waals surface area contributed by atoms with Crippen LogP contribution in [0.1, 0.15) is 20.8 Å². The van der Waals surface area contributed by atoms with Gasteiger partial charge in [-0.2, -0.15) is 4.98 Å². The summed E-state index contributed by atoms with van der Waals surface area (Å²) in [4.78, 5) is 51.2. The maximum absolute atomic E-state index is 14.7. The van der Waals surface area contributed by atoms with E-state index < -0.39 is 31.9 Å². The molecule has 0 saturated carbocycles. The Bertz CT molecular complexity index is 1500. The summed E-state index contributed by atoms with van der Waals surface area (Å²) in [6.07, 6.45) is 2.60. The van der Waals surface area contributed by atoms with Crippen molar-refractivity contribution in [3.05, 3.63) is 42.5 Å². The molecule has 0 aromatic carbocycles. The van der Waals surface area contributed by atoms with Gasteiger partial charge in [-0.1, -0.05) is 0 Å². The van der Waals surface area contributed by atoms with Crippen molar-refractivity contribution in [3.8, 4) is 5.75 Å². The van der Waals surface area contributed by atoms with Crippen LogP contribution in [0, 0.1) is 5.82 Å². The molecule has 0 spiro atoms. The van der Waals surface area contributed by atoms with E-state index in [0.29, 0.717) is 18.9 Å². The number of hydrogen-bond acceptors (Lipinski definition) is 12. The molecular weight excluding hydrogens is 608 g/mol. The first-order chi connectivity index (χ1) is 19.4. The number of aromatic nitrogens is 4. The first-order valence-corrected chi connectivity index (χ1v) is 14.0. The summed E-state index contributed by atoms with van der Waals surface area (Å²) >= 11 is 0. The Kier molecular flexibility index (Phi) is 11.9. The van der Waals surface area contributed by atoms with Gasteiger partial charge >= 0.3 is 66.9 Å². The number of nitrogens with zero attached hydrogens (tertiary/aromatic N) is 6. The fourth-order valence-electron chi connectivity index (χ4n) is 4.23. The number of phosphoric acid groups is 1. The van der Waals surface area contributed by atoms with Crippen molar-refractivity contribution in [1.82, 2.24) is 19.9 Å². The number of hydrogen-bond donors (Lipinski definition) is 4. The van der Waals surface area contributed by atoms with Gasteiger partial charge in [0.2, 0.25) is 5.95 Å². The Morgan fingerprint density at radius 2 is 1.91 bits per heavy atom. The van der Waals surface area contributed by atoms with E-state index in [0.717, 1.165) is 23.5 Å². The Morgan fingerprint density at radius 3 is 2.58 bits per heavy atom. The Balaban J connectivity index is 0.00000253. The fraction of sp³-hybridized carbons (Fsp3) is 0.375. The molecule has 3 aromatic heterocycles. The molecule has 1 saturated heterocycles. The number of fused-ring (bicyclic) bond motifs is 1. The molecule has 1 atom stereocenters. The molecule has 2 aliphatic rings. The summed E-state index contributed by atoms with van der Waals surface area (Å²) in [5.74, 6) is -0.621. The van der Waals surface area contributed by atoms with E-state index in [1.54, 1.807) is 6.20 Å². The zero-order valence-corrected chi connectivity index (χ0v) is 23.2. The minimum absolute atomic E-state index is 0. The zero-order chi connectivity index (χ0) is 29.4. The summed E-state index contributed by atoms with van der Waals surface area (Å²) in [6.45, 7) is 6.25. The average Bonchev–Trinajstić information content (AvgIpc) is 2.91. The molecule has 222 valence electrons. The van der Waals surface area contributed by atoms with E-state index in [4.69, 9.17) is 19.3 Å². The van der Waals surface area contributed by atoms with E-state index in [1.165, 1.54) is 26.0 Å². The average molecular weight is 639 g/mol. The van der Waals surface area contributed by atoms with E-state index in [-0.39, 0.29) is 94.3 Å². The zero-order valence-electron chi connectivity index (χ0n) is 22.3. The maximum atomic E-state index is 14.7. The van der Waals surface area contributed by atoms with E-state index in [2.05, 4.69) is 46.9 Å². The van der Waals surface area contributed by atoms with Crippen LogP contribution in [-0.4, -0.2) is 133 Å². The molecule has 5 heterocycles.